The van der Waals surface area contributed by atoms with Crippen molar-refractivity contribution in [1.82, 2.24) is 25.1 Å². The van der Waals surface area contributed by atoms with Gasteiger partial charge in [-0.25, -0.2) is 4.79 Å². The molecule has 0 spiro atoms. The van der Waals surface area contributed by atoms with E-state index in [2.05, 4.69) is 15.5 Å². The molecule has 3 atom stereocenters. The maximum Gasteiger partial charge on any atom is 0.327 e. The van der Waals surface area contributed by atoms with Crippen molar-refractivity contribution in [2.45, 2.75) is 34.7 Å². The van der Waals surface area contributed by atoms with Gasteiger partial charge in [0.15, 0.2) is 0 Å². The highest BCUT2D eigenvalue weighted by molar-refractivity contribution is 8.04. The molecule has 2 aliphatic heterocycles. The van der Waals surface area contributed by atoms with Crippen molar-refractivity contribution >= 4 is 35.4 Å². The number of carboxylic acid groups (broad SMARTS) is 1. The van der Waals surface area contributed by atoms with Crippen molar-refractivity contribution in [2.24, 2.45) is 0 Å². The number of β-lactam (4-membered cyclic amide) rings is 1. The number of tetrazole rings is 1. The first kappa shape index (κ1) is 16.4. The molecule has 25 heavy (non-hydrogen) atoms. The van der Waals surface area contributed by atoms with Gasteiger partial charge >= 0.3 is 5.97 Å². The third kappa shape index (κ3) is 2.69. The Kier molecular flexibility index (Phi) is 3.95. The molecule has 4 rings (SSSR count). The van der Waals surface area contributed by atoms with Crippen molar-refractivity contribution < 1.29 is 14.7 Å². The Balaban J connectivity index is 1.55. The molecular formula is C15H15N5O3S2. The zero-order chi connectivity index (χ0) is 17.6. The summed E-state index contributed by atoms with van der Waals surface area (Å²) >= 11 is 2.96. The highest BCUT2D eigenvalue weighted by Gasteiger charge is 2.60. The van der Waals surface area contributed by atoms with E-state index in [9.17, 15) is 14.7 Å². The van der Waals surface area contributed by atoms with Crippen LogP contribution in [-0.2, 0) is 9.59 Å². The minimum absolute atomic E-state index is 0.0377. The van der Waals surface area contributed by atoms with Crippen LogP contribution in [0.4, 0.5) is 0 Å². The summed E-state index contributed by atoms with van der Waals surface area (Å²) in [6.07, 6.45) is 0.413. The Labute approximate surface area is 152 Å². The molecule has 1 aromatic heterocycles. The van der Waals surface area contributed by atoms with Gasteiger partial charge < -0.3 is 10.0 Å². The third-order valence-corrected chi connectivity index (χ3v) is 7.38. The summed E-state index contributed by atoms with van der Waals surface area (Å²) in [5, 5.41) is 22.0. The molecule has 2 fully saturated rings. The molecule has 130 valence electrons. The van der Waals surface area contributed by atoms with E-state index in [1.165, 1.54) is 16.7 Å². The van der Waals surface area contributed by atoms with E-state index in [1.54, 1.807) is 16.4 Å². The third-order valence-electron chi connectivity index (χ3n) is 4.37. The van der Waals surface area contributed by atoms with Crippen molar-refractivity contribution in [3.8, 4) is 5.69 Å². The number of carbonyl (C=O) groups is 2. The molecule has 1 N–H and O–H groups in total. The quantitative estimate of drug-likeness (QED) is 0.614. The highest BCUT2D eigenvalue weighted by Crippen LogP contribution is 2.52. The van der Waals surface area contributed by atoms with E-state index >= 15 is 0 Å². The van der Waals surface area contributed by atoms with Gasteiger partial charge in [-0.2, -0.15) is 4.68 Å². The fourth-order valence-corrected chi connectivity index (χ4v) is 6.11. The number of aromatic nitrogens is 4. The summed E-state index contributed by atoms with van der Waals surface area (Å²) in [6.45, 7) is 1.89. The molecule has 10 heteroatoms. The summed E-state index contributed by atoms with van der Waals surface area (Å²) in [4.78, 5) is 25.0. The van der Waals surface area contributed by atoms with Crippen LogP contribution >= 0.6 is 23.5 Å². The highest BCUT2D eigenvalue weighted by atomic mass is 32.2. The van der Waals surface area contributed by atoms with Gasteiger partial charge in [-0.05, 0) is 29.5 Å². The van der Waals surface area contributed by atoms with Gasteiger partial charge in [0, 0.05) is 5.75 Å². The molecule has 2 aliphatic rings. The number of nitrogens with zero attached hydrogens (tertiary/aromatic N) is 5. The number of benzene rings is 1. The number of aliphatic carboxylic acids is 1. The van der Waals surface area contributed by atoms with E-state index in [-0.39, 0.29) is 11.3 Å². The summed E-state index contributed by atoms with van der Waals surface area (Å²) in [6, 6.07) is 8.69. The lowest BCUT2D eigenvalue weighted by molar-refractivity contribution is -0.157. The number of fused-ring (bicyclic) bond motifs is 1. The number of thioether (sulfide) groups is 2. The van der Waals surface area contributed by atoms with Crippen LogP contribution in [-0.4, -0.2) is 64.0 Å². The number of amides is 1. The predicted octanol–water partition coefficient (Wildman–Crippen LogP) is 1.27. The van der Waals surface area contributed by atoms with Crippen molar-refractivity contribution in [3.63, 3.8) is 0 Å². The standard InChI is InChI=1S/C15H15N5O3S2/c1-15(12(13(22)23)19-10(21)7-11(19)25-15)8-24-14-16-17-18-20(14)9-5-3-2-4-6-9/h2-6,11-12H,7-8H2,1H3,(H,22,23)/t11-,12+,15+/m1/s1. The van der Waals surface area contributed by atoms with Gasteiger partial charge in [0.25, 0.3) is 0 Å². The SMILES string of the molecule is C[C@@]1(CSc2nnnn2-c2ccccc2)S[C@@H]2CC(=O)N2[C@H]1C(=O)O. The first-order valence-electron chi connectivity index (χ1n) is 7.68. The summed E-state index contributed by atoms with van der Waals surface area (Å²) in [5.41, 5.74) is 0.841. The Morgan fingerprint density at radius 3 is 2.88 bits per heavy atom. The van der Waals surface area contributed by atoms with Gasteiger partial charge in [-0.3, -0.25) is 4.79 Å². The molecule has 3 heterocycles. The average molecular weight is 377 g/mol. The van der Waals surface area contributed by atoms with E-state index in [1.807, 2.05) is 37.3 Å². The first-order valence-corrected chi connectivity index (χ1v) is 9.54. The topological polar surface area (TPSA) is 101 Å². The Bertz CT molecular complexity index is 830. The number of hydrogen-bond donors (Lipinski definition) is 1. The van der Waals surface area contributed by atoms with Crippen LogP contribution in [0.5, 0.6) is 0 Å². The van der Waals surface area contributed by atoms with Crippen LogP contribution in [0.1, 0.15) is 13.3 Å². The Morgan fingerprint density at radius 2 is 2.20 bits per heavy atom. The largest absolute Gasteiger partial charge is 0.480 e. The number of para-hydroxylation sites is 1. The monoisotopic (exact) mass is 377 g/mol. The first-order chi connectivity index (χ1) is 12.0. The molecule has 0 aliphatic carbocycles. The van der Waals surface area contributed by atoms with Gasteiger partial charge in [0.05, 0.1) is 22.2 Å². The van der Waals surface area contributed by atoms with Crippen LogP contribution in [0.3, 0.4) is 0 Å². The van der Waals surface area contributed by atoms with Crippen LogP contribution in [0.2, 0.25) is 0 Å². The minimum atomic E-state index is -0.964. The number of rotatable bonds is 5. The zero-order valence-electron chi connectivity index (χ0n) is 13.3. The molecule has 2 saturated heterocycles. The molecular weight excluding hydrogens is 362 g/mol. The molecule has 0 radical (unpaired) electrons. The van der Waals surface area contributed by atoms with E-state index < -0.39 is 16.8 Å². The lowest BCUT2D eigenvalue weighted by atomic mass is 9.98. The van der Waals surface area contributed by atoms with E-state index in [4.69, 9.17) is 0 Å². The average Bonchev–Trinajstić information content (AvgIpc) is 3.15. The summed E-state index contributed by atoms with van der Waals surface area (Å²) in [7, 11) is 0. The van der Waals surface area contributed by atoms with Crippen LogP contribution < -0.4 is 0 Å². The van der Waals surface area contributed by atoms with E-state index in [0.717, 1.165) is 5.69 Å². The van der Waals surface area contributed by atoms with Gasteiger partial charge in [-0.1, -0.05) is 30.0 Å². The van der Waals surface area contributed by atoms with Gasteiger partial charge in [-0.15, -0.1) is 16.9 Å². The maximum absolute atomic E-state index is 11.8. The lowest BCUT2D eigenvalue weighted by Gasteiger charge is -2.36. The van der Waals surface area contributed by atoms with Crippen molar-refractivity contribution in [1.29, 1.82) is 0 Å². The number of carbonyl (C=O) groups excluding carboxylic acids is 1. The molecule has 0 saturated carbocycles. The van der Waals surface area contributed by atoms with Crippen molar-refractivity contribution in [2.75, 3.05) is 5.75 Å². The number of hydrogen-bond acceptors (Lipinski definition) is 7. The Hall–Kier alpha value is -2.07. The summed E-state index contributed by atoms with van der Waals surface area (Å²) < 4.78 is 1.03. The second kappa shape index (κ2) is 6.03. The molecule has 0 unspecified atom stereocenters. The van der Waals surface area contributed by atoms with Gasteiger partial charge in [0.2, 0.25) is 11.1 Å². The van der Waals surface area contributed by atoms with Crippen LogP contribution in [0.25, 0.3) is 5.69 Å². The maximum atomic E-state index is 11.8. The van der Waals surface area contributed by atoms with Crippen LogP contribution in [0.15, 0.2) is 35.5 Å². The fraction of sp³-hybridized carbons (Fsp3) is 0.400. The second-order valence-corrected chi connectivity index (χ2v) is 8.78. The molecule has 2 aromatic rings. The normalized spacial score (nSPS) is 27.9. The van der Waals surface area contributed by atoms with Gasteiger partial charge in [0.1, 0.15) is 6.04 Å². The minimum Gasteiger partial charge on any atom is -0.480 e. The predicted molar refractivity (Wildman–Crippen MR) is 92.5 cm³/mol. The molecule has 8 nitrogen and oxygen atoms in total. The molecule has 0 bridgehead atoms. The molecule has 1 aromatic carbocycles. The second-order valence-electron chi connectivity index (χ2n) is 6.13. The molecule has 1 amide bonds. The van der Waals surface area contributed by atoms with Crippen LogP contribution in [0, 0.1) is 0 Å². The Morgan fingerprint density at radius 1 is 1.44 bits per heavy atom. The zero-order valence-corrected chi connectivity index (χ0v) is 14.9. The lowest BCUT2D eigenvalue weighted by Crippen LogP contribution is -2.57. The summed E-state index contributed by atoms with van der Waals surface area (Å²) in [5.74, 6) is -0.566. The fourth-order valence-electron chi connectivity index (χ4n) is 3.18. The van der Waals surface area contributed by atoms with E-state index in [0.29, 0.717) is 17.3 Å². The number of carboxylic acids is 1. The van der Waals surface area contributed by atoms with Crippen molar-refractivity contribution in [3.05, 3.63) is 30.3 Å². The smallest absolute Gasteiger partial charge is 0.327 e.